The first-order valence-electron chi connectivity index (χ1n) is 8.90. The van der Waals surface area contributed by atoms with Gasteiger partial charge in [-0.25, -0.2) is 4.98 Å². The number of aromatic nitrogens is 1. The number of para-hydroxylation sites is 1. The van der Waals surface area contributed by atoms with Gasteiger partial charge in [0.1, 0.15) is 0 Å². The molecule has 3 aromatic rings. The Morgan fingerprint density at radius 1 is 1.00 bits per heavy atom. The topological polar surface area (TPSA) is 38.9 Å². The molecule has 0 aliphatic rings. The molecule has 1 aromatic heterocycles. The summed E-state index contributed by atoms with van der Waals surface area (Å²) in [5, 5.41) is 2.12. The van der Waals surface area contributed by atoms with Gasteiger partial charge in [0, 0.05) is 10.8 Å². The van der Waals surface area contributed by atoms with Crippen molar-refractivity contribution in [3.8, 4) is 0 Å². The van der Waals surface area contributed by atoms with Gasteiger partial charge in [-0.2, -0.15) is 0 Å². The van der Waals surface area contributed by atoms with Crippen molar-refractivity contribution >= 4 is 39.9 Å². The molecule has 0 radical (unpaired) electrons. The molecule has 2 N–H and O–H groups in total. The molecule has 0 amide bonds. The lowest BCUT2D eigenvalue weighted by atomic mass is 9.83. The molecule has 0 aliphatic carbocycles. The fourth-order valence-electron chi connectivity index (χ4n) is 3.69. The molecular weight excluding hydrogens is 328 g/mol. The van der Waals surface area contributed by atoms with Crippen LogP contribution in [-0.4, -0.2) is 4.98 Å². The minimum Gasteiger partial charge on any atom is -0.398 e. The van der Waals surface area contributed by atoms with E-state index in [0.29, 0.717) is 5.41 Å². The molecule has 3 rings (SSSR count). The number of fused-ring (bicyclic) bond motifs is 2. The molecule has 134 valence electrons. The molecule has 2 nitrogen and oxygen atoms in total. The van der Waals surface area contributed by atoms with Crippen molar-refractivity contribution in [2.75, 3.05) is 5.73 Å². The van der Waals surface area contributed by atoms with Crippen LogP contribution in [0, 0.1) is 11.3 Å². The van der Waals surface area contributed by atoms with Crippen LogP contribution in [0.3, 0.4) is 0 Å². The first kappa shape index (κ1) is 19.5. The number of rotatable bonds is 4. The summed E-state index contributed by atoms with van der Waals surface area (Å²) < 4.78 is 0. The largest absolute Gasteiger partial charge is 0.398 e. The summed E-state index contributed by atoms with van der Waals surface area (Å²) in [4.78, 5) is 4.74. The van der Waals surface area contributed by atoms with Crippen molar-refractivity contribution < 1.29 is 0 Å². The minimum absolute atomic E-state index is 0. The van der Waals surface area contributed by atoms with Gasteiger partial charge in [0.2, 0.25) is 0 Å². The Labute approximate surface area is 157 Å². The molecule has 0 saturated heterocycles. The number of pyridine rings is 1. The van der Waals surface area contributed by atoms with Crippen LogP contribution in [0.15, 0.2) is 42.5 Å². The van der Waals surface area contributed by atoms with E-state index in [4.69, 9.17) is 10.7 Å². The van der Waals surface area contributed by atoms with Crippen molar-refractivity contribution in [2.24, 2.45) is 11.3 Å². The first-order valence-corrected chi connectivity index (χ1v) is 8.90. The van der Waals surface area contributed by atoms with Crippen molar-refractivity contribution in [2.45, 2.75) is 47.0 Å². The minimum atomic E-state index is 0. The van der Waals surface area contributed by atoms with Crippen LogP contribution in [0.1, 0.15) is 46.1 Å². The monoisotopic (exact) mass is 356 g/mol. The first-order chi connectivity index (χ1) is 11.3. The SMILES string of the molecule is CC(CCc1ccc2nc3ccccc3c(N)c2c1)CC(C)(C)C.Cl. The fourth-order valence-corrected chi connectivity index (χ4v) is 3.69. The lowest BCUT2D eigenvalue weighted by Crippen LogP contribution is -2.11. The van der Waals surface area contributed by atoms with E-state index in [1.807, 2.05) is 18.2 Å². The molecular formula is C22H29ClN2. The number of halogens is 1. The van der Waals surface area contributed by atoms with E-state index in [1.165, 1.54) is 18.4 Å². The summed E-state index contributed by atoms with van der Waals surface area (Å²) >= 11 is 0. The molecule has 0 saturated carbocycles. The quantitative estimate of drug-likeness (QED) is 0.549. The van der Waals surface area contributed by atoms with Crippen LogP contribution in [0.4, 0.5) is 5.69 Å². The van der Waals surface area contributed by atoms with Gasteiger partial charge in [-0.3, -0.25) is 0 Å². The van der Waals surface area contributed by atoms with Crippen LogP contribution >= 0.6 is 12.4 Å². The lowest BCUT2D eigenvalue weighted by Gasteiger charge is -2.23. The summed E-state index contributed by atoms with van der Waals surface area (Å²) in [5.74, 6) is 0.729. The van der Waals surface area contributed by atoms with Gasteiger partial charge in [-0.15, -0.1) is 12.4 Å². The van der Waals surface area contributed by atoms with Crippen LogP contribution < -0.4 is 5.73 Å². The maximum atomic E-state index is 6.42. The number of hydrogen-bond acceptors (Lipinski definition) is 2. The predicted molar refractivity (Wildman–Crippen MR) is 112 cm³/mol. The van der Waals surface area contributed by atoms with E-state index in [1.54, 1.807) is 0 Å². The zero-order chi connectivity index (χ0) is 17.3. The van der Waals surface area contributed by atoms with E-state index < -0.39 is 0 Å². The van der Waals surface area contributed by atoms with E-state index in [2.05, 4.69) is 52.0 Å². The third-order valence-electron chi connectivity index (χ3n) is 4.67. The second-order valence-corrected chi connectivity index (χ2v) is 8.30. The molecule has 2 aromatic carbocycles. The standard InChI is InChI=1S/C22H28N2.ClH/c1-15(14-22(2,3)4)9-10-16-11-12-20-18(13-16)21(23)17-7-5-6-8-19(17)24-20;/h5-8,11-13,15H,9-10,14H2,1-4H3,(H2,23,24);1H. The molecule has 0 aliphatic heterocycles. The zero-order valence-corrected chi connectivity index (χ0v) is 16.5. The Kier molecular flexibility index (Phi) is 5.95. The highest BCUT2D eigenvalue weighted by Crippen LogP contribution is 2.30. The molecule has 1 atom stereocenters. The van der Waals surface area contributed by atoms with Crippen LogP contribution in [-0.2, 0) is 6.42 Å². The van der Waals surface area contributed by atoms with Crippen LogP contribution in [0.5, 0.6) is 0 Å². The lowest BCUT2D eigenvalue weighted by molar-refractivity contribution is 0.297. The summed E-state index contributed by atoms with van der Waals surface area (Å²) in [6.07, 6.45) is 3.57. The van der Waals surface area contributed by atoms with Crippen molar-refractivity contribution in [3.05, 3.63) is 48.0 Å². The maximum absolute atomic E-state index is 6.42. The van der Waals surface area contributed by atoms with Gasteiger partial charge in [0.05, 0.1) is 16.7 Å². The molecule has 0 bridgehead atoms. The summed E-state index contributed by atoms with van der Waals surface area (Å²) in [7, 11) is 0. The van der Waals surface area contributed by atoms with Gasteiger partial charge in [0.25, 0.3) is 0 Å². The van der Waals surface area contributed by atoms with Gasteiger partial charge in [-0.05, 0) is 54.4 Å². The summed E-state index contributed by atoms with van der Waals surface area (Å²) in [6.45, 7) is 9.31. The summed E-state index contributed by atoms with van der Waals surface area (Å²) in [5.41, 5.74) is 11.0. The highest BCUT2D eigenvalue weighted by atomic mass is 35.5. The Morgan fingerprint density at radius 2 is 1.68 bits per heavy atom. The van der Waals surface area contributed by atoms with Crippen LogP contribution in [0.2, 0.25) is 0 Å². The van der Waals surface area contributed by atoms with Gasteiger partial charge in [-0.1, -0.05) is 52.0 Å². The number of nitrogens with zero attached hydrogens (tertiary/aromatic N) is 1. The van der Waals surface area contributed by atoms with Crippen LogP contribution in [0.25, 0.3) is 21.8 Å². The zero-order valence-electron chi connectivity index (χ0n) is 15.7. The Balaban J connectivity index is 0.00000225. The molecule has 25 heavy (non-hydrogen) atoms. The van der Waals surface area contributed by atoms with E-state index >= 15 is 0 Å². The summed E-state index contributed by atoms with van der Waals surface area (Å²) in [6, 6.07) is 14.6. The van der Waals surface area contributed by atoms with Crippen molar-refractivity contribution in [1.29, 1.82) is 0 Å². The molecule has 0 fully saturated rings. The van der Waals surface area contributed by atoms with E-state index in [-0.39, 0.29) is 12.4 Å². The average molecular weight is 357 g/mol. The number of benzene rings is 2. The number of anilines is 1. The van der Waals surface area contributed by atoms with Gasteiger partial charge < -0.3 is 5.73 Å². The average Bonchev–Trinajstić information content (AvgIpc) is 2.52. The van der Waals surface area contributed by atoms with E-state index in [0.717, 1.165) is 39.8 Å². The highest BCUT2D eigenvalue weighted by molar-refractivity contribution is 6.06. The second-order valence-electron chi connectivity index (χ2n) is 8.30. The maximum Gasteiger partial charge on any atom is 0.0730 e. The molecule has 0 spiro atoms. The predicted octanol–water partition coefficient (Wildman–Crippen LogP) is 6.40. The molecule has 3 heteroatoms. The third-order valence-corrected chi connectivity index (χ3v) is 4.67. The Bertz CT molecular complexity index is 865. The smallest absolute Gasteiger partial charge is 0.0730 e. The van der Waals surface area contributed by atoms with Crippen molar-refractivity contribution in [1.82, 2.24) is 4.98 Å². The van der Waals surface area contributed by atoms with E-state index in [9.17, 15) is 0 Å². The van der Waals surface area contributed by atoms with Crippen molar-refractivity contribution in [3.63, 3.8) is 0 Å². The third kappa shape index (κ3) is 4.64. The second kappa shape index (κ2) is 7.61. The number of nitrogen functional groups attached to an aromatic ring is 1. The Morgan fingerprint density at radius 3 is 2.40 bits per heavy atom. The Hall–Kier alpha value is -1.80. The highest BCUT2D eigenvalue weighted by Gasteiger charge is 2.15. The van der Waals surface area contributed by atoms with Gasteiger partial charge in [0.15, 0.2) is 0 Å². The number of hydrogen-bond donors (Lipinski definition) is 1. The molecule has 1 heterocycles. The van der Waals surface area contributed by atoms with Gasteiger partial charge >= 0.3 is 0 Å². The number of aryl methyl sites for hydroxylation is 1. The number of nitrogens with two attached hydrogens (primary N) is 1. The normalized spacial score (nSPS) is 13.0. The fraction of sp³-hybridized carbons (Fsp3) is 0.409. The molecule has 1 unspecified atom stereocenters.